The fourth-order valence-corrected chi connectivity index (χ4v) is 4.56. The Kier molecular flexibility index (Phi) is 4.33. The van der Waals surface area contributed by atoms with Crippen LogP contribution in [0.1, 0.15) is 37.0 Å². The second kappa shape index (κ2) is 6.44. The van der Waals surface area contributed by atoms with E-state index in [1.54, 1.807) is 4.90 Å². The van der Waals surface area contributed by atoms with Crippen LogP contribution in [0, 0.1) is 5.92 Å². The molecule has 0 bridgehead atoms. The van der Waals surface area contributed by atoms with E-state index in [0.29, 0.717) is 25.1 Å². The topological polar surface area (TPSA) is 59.1 Å². The lowest BCUT2D eigenvalue weighted by Crippen LogP contribution is -2.51. The molecule has 0 aromatic heterocycles. The third-order valence-electron chi connectivity index (χ3n) is 5.84. The summed E-state index contributed by atoms with van der Waals surface area (Å²) in [6.07, 6.45) is 0.840. The van der Waals surface area contributed by atoms with Gasteiger partial charge in [-0.15, -0.1) is 0 Å². The quantitative estimate of drug-likeness (QED) is 0.805. The summed E-state index contributed by atoms with van der Waals surface area (Å²) in [5.41, 5.74) is -0.349. The van der Waals surface area contributed by atoms with Gasteiger partial charge in [0, 0.05) is 18.5 Å². The minimum atomic E-state index is -2.91. The SMILES string of the molecule is CC(C)[C@@H]1CO[C@@]23CCN(C(=O)c4ccc(OC(F)F)cc4)[C@@H]2CC(=O)N13. The van der Waals surface area contributed by atoms with Crippen LogP contribution >= 0.6 is 0 Å². The average Bonchev–Trinajstić information content (AvgIpc) is 3.23. The number of halogens is 2. The first-order valence-corrected chi connectivity index (χ1v) is 9.15. The molecule has 27 heavy (non-hydrogen) atoms. The van der Waals surface area contributed by atoms with Crippen LogP contribution in [-0.4, -0.2) is 59.2 Å². The zero-order chi connectivity index (χ0) is 19.3. The molecule has 0 unspecified atom stereocenters. The largest absolute Gasteiger partial charge is 0.435 e. The summed E-state index contributed by atoms with van der Waals surface area (Å²) in [4.78, 5) is 29.2. The van der Waals surface area contributed by atoms with Crippen LogP contribution in [0.25, 0.3) is 0 Å². The summed E-state index contributed by atoms with van der Waals surface area (Å²) in [7, 11) is 0. The van der Waals surface area contributed by atoms with Crippen molar-refractivity contribution in [2.75, 3.05) is 13.2 Å². The van der Waals surface area contributed by atoms with E-state index in [1.165, 1.54) is 24.3 Å². The van der Waals surface area contributed by atoms with Crippen molar-refractivity contribution in [3.8, 4) is 5.75 Å². The molecule has 3 saturated heterocycles. The predicted octanol–water partition coefficient (Wildman–Crippen LogP) is 2.49. The summed E-state index contributed by atoms with van der Waals surface area (Å²) in [6.45, 7) is 2.20. The van der Waals surface area contributed by atoms with Crippen molar-refractivity contribution in [1.82, 2.24) is 9.80 Å². The fourth-order valence-electron chi connectivity index (χ4n) is 4.56. The Morgan fingerprint density at radius 1 is 1.30 bits per heavy atom. The third kappa shape index (κ3) is 2.77. The van der Waals surface area contributed by atoms with Gasteiger partial charge in [-0.3, -0.25) is 9.59 Å². The second-order valence-electron chi connectivity index (χ2n) is 7.60. The summed E-state index contributed by atoms with van der Waals surface area (Å²) in [6, 6.07) is 5.33. The molecule has 146 valence electrons. The number of likely N-dealkylation sites (tertiary alicyclic amines) is 1. The van der Waals surface area contributed by atoms with E-state index in [2.05, 4.69) is 18.6 Å². The van der Waals surface area contributed by atoms with E-state index >= 15 is 0 Å². The van der Waals surface area contributed by atoms with Crippen LogP contribution in [0.4, 0.5) is 8.78 Å². The van der Waals surface area contributed by atoms with Crippen molar-refractivity contribution < 1.29 is 27.8 Å². The van der Waals surface area contributed by atoms with E-state index < -0.39 is 12.3 Å². The molecule has 3 atom stereocenters. The number of hydrogen-bond acceptors (Lipinski definition) is 4. The molecule has 1 aromatic rings. The molecule has 0 saturated carbocycles. The summed E-state index contributed by atoms with van der Waals surface area (Å²) in [5, 5.41) is 0. The number of amides is 2. The highest BCUT2D eigenvalue weighted by atomic mass is 19.3. The van der Waals surface area contributed by atoms with Gasteiger partial charge in [-0.1, -0.05) is 13.8 Å². The number of rotatable bonds is 4. The molecule has 1 aromatic carbocycles. The molecular formula is C19H22F2N2O4. The Morgan fingerprint density at radius 3 is 2.63 bits per heavy atom. The Morgan fingerprint density at radius 2 is 2.00 bits per heavy atom. The predicted molar refractivity (Wildman–Crippen MR) is 91.3 cm³/mol. The highest BCUT2D eigenvalue weighted by molar-refractivity contribution is 5.96. The number of nitrogens with zero attached hydrogens (tertiary/aromatic N) is 2. The zero-order valence-corrected chi connectivity index (χ0v) is 15.2. The van der Waals surface area contributed by atoms with Gasteiger partial charge < -0.3 is 19.3 Å². The number of carbonyl (C=O) groups is 2. The molecule has 1 spiro atoms. The maximum atomic E-state index is 13.0. The van der Waals surface area contributed by atoms with E-state index in [1.807, 2.05) is 4.90 Å². The van der Waals surface area contributed by atoms with Crippen LogP contribution in [0.2, 0.25) is 0 Å². The fraction of sp³-hybridized carbons (Fsp3) is 0.579. The van der Waals surface area contributed by atoms with Gasteiger partial charge in [-0.2, -0.15) is 8.78 Å². The Balaban J connectivity index is 1.55. The van der Waals surface area contributed by atoms with Crippen LogP contribution < -0.4 is 4.74 Å². The van der Waals surface area contributed by atoms with Crippen LogP contribution in [0.15, 0.2) is 24.3 Å². The van der Waals surface area contributed by atoms with E-state index in [0.717, 1.165) is 0 Å². The first-order valence-electron chi connectivity index (χ1n) is 9.15. The van der Waals surface area contributed by atoms with Crippen molar-refractivity contribution >= 4 is 11.8 Å². The number of ether oxygens (including phenoxy) is 2. The molecule has 8 heteroatoms. The minimum absolute atomic E-state index is 0.000521. The van der Waals surface area contributed by atoms with Crippen molar-refractivity contribution in [3.05, 3.63) is 29.8 Å². The van der Waals surface area contributed by atoms with Crippen molar-refractivity contribution in [2.45, 2.75) is 51.1 Å². The molecular weight excluding hydrogens is 358 g/mol. The molecule has 0 aliphatic carbocycles. The third-order valence-corrected chi connectivity index (χ3v) is 5.84. The van der Waals surface area contributed by atoms with Crippen LogP contribution in [-0.2, 0) is 9.53 Å². The molecule has 4 rings (SSSR count). The van der Waals surface area contributed by atoms with E-state index in [9.17, 15) is 18.4 Å². The van der Waals surface area contributed by atoms with Gasteiger partial charge in [0.2, 0.25) is 5.91 Å². The maximum absolute atomic E-state index is 13.0. The van der Waals surface area contributed by atoms with Gasteiger partial charge in [-0.05, 0) is 30.2 Å². The normalized spacial score (nSPS) is 29.6. The minimum Gasteiger partial charge on any atom is -0.435 e. The van der Waals surface area contributed by atoms with Crippen molar-refractivity contribution in [1.29, 1.82) is 0 Å². The molecule has 6 nitrogen and oxygen atoms in total. The van der Waals surface area contributed by atoms with Gasteiger partial charge in [0.25, 0.3) is 5.91 Å². The smallest absolute Gasteiger partial charge is 0.387 e. The highest BCUT2D eigenvalue weighted by Gasteiger charge is 2.65. The second-order valence-corrected chi connectivity index (χ2v) is 7.60. The first-order chi connectivity index (χ1) is 12.8. The van der Waals surface area contributed by atoms with Gasteiger partial charge in [-0.25, -0.2) is 0 Å². The zero-order valence-electron chi connectivity index (χ0n) is 15.2. The molecule has 2 amide bonds. The Labute approximate surface area is 156 Å². The lowest BCUT2D eigenvalue weighted by Gasteiger charge is -2.34. The molecule has 0 N–H and O–H groups in total. The summed E-state index contributed by atoms with van der Waals surface area (Å²) >= 11 is 0. The lowest BCUT2D eigenvalue weighted by molar-refractivity contribution is -0.139. The van der Waals surface area contributed by atoms with Gasteiger partial charge in [0.15, 0.2) is 5.72 Å². The number of benzene rings is 1. The highest BCUT2D eigenvalue weighted by Crippen LogP contribution is 2.49. The monoisotopic (exact) mass is 380 g/mol. The van der Waals surface area contributed by atoms with Gasteiger partial charge in [0.1, 0.15) is 5.75 Å². The molecule has 3 fully saturated rings. The van der Waals surface area contributed by atoms with Crippen molar-refractivity contribution in [2.24, 2.45) is 5.92 Å². The summed E-state index contributed by atoms with van der Waals surface area (Å²) in [5.74, 6) is 0.0702. The Hall–Kier alpha value is -2.22. The maximum Gasteiger partial charge on any atom is 0.387 e. The van der Waals surface area contributed by atoms with Crippen LogP contribution in [0.3, 0.4) is 0 Å². The van der Waals surface area contributed by atoms with Gasteiger partial charge >= 0.3 is 6.61 Å². The Bertz CT molecular complexity index is 755. The molecule has 0 radical (unpaired) electrons. The molecule has 3 heterocycles. The standard InChI is InChI=1S/C19H22F2N2O4/c1-11(2)14-10-26-19-7-8-22(15(19)9-16(24)23(14)19)17(25)12-3-5-13(6-4-12)27-18(20)21/h3-6,11,14-15,18H,7-10H2,1-2H3/t14-,15+,19-/m0/s1. The molecule has 3 aliphatic heterocycles. The number of carbonyl (C=O) groups excluding carboxylic acids is 2. The first kappa shape index (κ1) is 18.2. The number of alkyl halides is 2. The number of hydrogen-bond donors (Lipinski definition) is 0. The van der Waals surface area contributed by atoms with E-state index in [4.69, 9.17) is 4.74 Å². The lowest BCUT2D eigenvalue weighted by atomic mass is 10.0. The summed E-state index contributed by atoms with van der Waals surface area (Å²) < 4.78 is 35.0. The van der Waals surface area contributed by atoms with E-state index in [-0.39, 0.29) is 42.0 Å². The molecule has 3 aliphatic rings. The van der Waals surface area contributed by atoms with Crippen molar-refractivity contribution in [3.63, 3.8) is 0 Å². The van der Waals surface area contributed by atoms with Crippen LogP contribution in [0.5, 0.6) is 5.75 Å². The average molecular weight is 380 g/mol. The van der Waals surface area contributed by atoms with Gasteiger partial charge in [0.05, 0.1) is 25.1 Å².